The van der Waals surface area contributed by atoms with Crippen LogP contribution in [0.5, 0.6) is 0 Å². The second-order valence-corrected chi connectivity index (χ2v) is 5.05. The summed E-state index contributed by atoms with van der Waals surface area (Å²) in [5.41, 5.74) is 0. The summed E-state index contributed by atoms with van der Waals surface area (Å²) in [6.07, 6.45) is -5.22. The van der Waals surface area contributed by atoms with Gasteiger partial charge in [0.05, 0.1) is 34.4 Å². The lowest BCUT2D eigenvalue weighted by molar-refractivity contribution is -0.870. The minimum absolute atomic E-state index is 0. The number of ketones is 1. The van der Waals surface area contributed by atoms with E-state index in [1.807, 2.05) is 0 Å². The molecule has 0 amide bonds. The van der Waals surface area contributed by atoms with E-state index in [0.717, 1.165) is 11.0 Å². The maximum Gasteiger partial charge on any atom is 0.189 e. The van der Waals surface area contributed by atoms with Gasteiger partial charge >= 0.3 is 0 Å². The molecule has 0 radical (unpaired) electrons. The van der Waals surface area contributed by atoms with Gasteiger partial charge in [-0.05, 0) is 0 Å². The first-order chi connectivity index (χ1) is 8.60. The molecule has 0 aromatic rings. The molecule has 0 heterocycles. The Morgan fingerprint density at radius 1 is 1.05 bits per heavy atom. The highest BCUT2D eigenvalue weighted by atomic mass is 35.5. The number of likely N-dealkylation sites (N-methyl/N-ethyl adjacent to an activating group) is 1. The lowest BCUT2D eigenvalue weighted by Crippen LogP contribution is -3.00. The first-order valence-electron chi connectivity index (χ1n) is 5.80. The average Bonchev–Trinajstić information content (AvgIpc) is 2.34. The molecule has 0 unspecified atom stereocenters. The van der Waals surface area contributed by atoms with Gasteiger partial charge in [0.1, 0.15) is 31.5 Å². The summed E-state index contributed by atoms with van der Waals surface area (Å²) in [6.45, 7) is -0.573. The number of quaternary nitrogens is 1. The Morgan fingerprint density at radius 2 is 1.50 bits per heavy atom. The Morgan fingerprint density at radius 3 is 1.70 bits per heavy atom. The first kappa shape index (κ1) is 24.7. The van der Waals surface area contributed by atoms with E-state index in [1.54, 1.807) is 0 Å². The van der Waals surface area contributed by atoms with Crippen molar-refractivity contribution < 1.29 is 52.3 Å². The molecule has 0 aliphatic carbocycles. The molecule has 6 N–H and O–H groups in total. The van der Waals surface area contributed by atoms with Gasteiger partial charge in [-0.1, -0.05) is 0 Å². The normalized spacial score (nSPS) is 15.2. The van der Waals surface area contributed by atoms with Crippen LogP contribution < -0.4 is 12.4 Å². The van der Waals surface area contributed by atoms with Crippen LogP contribution in [0.3, 0.4) is 0 Å². The summed E-state index contributed by atoms with van der Waals surface area (Å²) < 4.78 is 0.844. The fraction of sp³-hybridized carbons (Fsp3) is 0.909. The highest BCUT2D eigenvalue weighted by Crippen LogP contribution is 2.00. The lowest BCUT2D eigenvalue weighted by Gasteiger charge is -2.21. The van der Waals surface area contributed by atoms with E-state index in [1.165, 1.54) is 0 Å². The Labute approximate surface area is 124 Å². The minimum atomic E-state index is -1.86. The van der Waals surface area contributed by atoms with Crippen molar-refractivity contribution in [2.45, 2.75) is 18.3 Å². The monoisotopic (exact) mass is 319 g/mol. The number of aliphatic hydroxyl groups excluding tert-OH is 6. The zero-order valence-electron chi connectivity index (χ0n) is 12.0. The topological polar surface area (TPSA) is 138 Å². The van der Waals surface area contributed by atoms with Crippen LogP contribution in [-0.2, 0) is 4.79 Å². The summed E-state index contributed by atoms with van der Waals surface area (Å²) in [6, 6.07) is 0. The second-order valence-electron chi connectivity index (χ2n) is 5.05. The van der Waals surface area contributed by atoms with Gasteiger partial charge in [0, 0.05) is 0 Å². The van der Waals surface area contributed by atoms with Crippen molar-refractivity contribution in [3.63, 3.8) is 0 Å². The van der Waals surface area contributed by atoms with Crippen molar-refractivity contribution >= 4 is 5.78 Å². The third-order valence-electron chi connectivity index (χ3n) is 2.16. The maximum atomic E-state index is 10.5. The van der Waals surface area contributed by atoms with E-state index in [2.05, 4.69) is 21.1 Å². The maximum absolute atomic E-state index is 10.5. The number of hydrogen-bond acceptors (Lipinski definition) is 7. The van der Waals surface area contributed by atoms with Crippen molar-refractivity contribution in [1.82, 2.24) is 0 Å². The SMILES string of the molecule is C[N+](C)(C)CCO.O=C(CO)[C@H](O)[C@@H](O)[C@H](O)CO.[Cl-]. The smallest absolute Gasteiger partial charge is 0.189 e. The number of Topliss-reactive ketones (excluding diaryl/α,β-unsaturated/α-hetero) is 1. The van der Waals surface area contributed by atoms with Crippen LogP contribution in [-0.4, -0.2) is 107 Å². The minimum Gasteiger partial charge on any atom is -1.00 e. The summed E-state index contributed by atoms with van der Waals surface area (Å²) >= 11 is 0. The quantitative estimate of drug-likeness (QED) is 0.256. The summed E-state index contributed by atoms with van der Waals surface area (Å²) in [4.78, 5) is 10.5. The fourth-order valence-corrected chi connectivity index (χ4v) is 0.902. The van der Waals surface area contributed by atoms with E-state index in [9.17, 15) is 4.79 Å². The molecule has 0 aromatic heterocycles. The van der Waals surface area contributed by atoms with Gasteiger partial charge in [0.2, 0.25) is 0 Å². The van der Waals surface area contributed by atoms with Crippen LogP contribution in [0.2, 0.25) is 0 Å². The van der Waals surface area contributed by atoms with Gasteiger partial charge in [-0.25, -0.2) is 0 Å². The average molecular weight is 320 g/mol. The van der Waals surface area contributed by atoms with Crippen LogP contribution in [0.25, 0.3) is 0 Å². The number of hydrogen-bond donors (Lipinski definition) is 6. The molecule has 0 aliphatic heterocycles. The summed E-state index contributed by atoms with van der Waals surface area (Å²) in [7, 11) is 6.16. The van der Waals surface area contributed by atoms with E-state index in [-0.39, 0.29) is 19.0 Å². The molecule has 0 aliphatic rings. The molecular weight excluding hydrogens is 294 g/mol. The lowest BCUT2D eigenvalue weighted by atomic mass is 10.1. The van der Waals surface area contributed by atoms with Crippen LogP contribution in [0, 0.1) is 0 Å². The molecule has 9 heteroatoms. The third kappa shape index (κ3) is 12.7. The van der Waals surface area contributed by atoms with Crippen molar-refractivity contribution in [2.75, 3.05) is 47.5 Å². The molecule has 20 heavy (non-hydrogen) atoms. The van der Waals surface area contributed by atoms with Gasteiger partial charge in [0.15, 0.2) is 5.78 Å². The van der Waals surface area contributed by atoms with Gasteiger partial charge in [-0.3, -0.25) is 4.79 Å². The van der Waals surface area contributed by atoms with Crippen molar-refractivity contribution in [3.8, 4) is 0 Å². The highest BCUT2D eigenvalue weighted by molar-refractivity contribution is 5.84. The molecule has 0 aromatic carbocycles. The van der Waals surface area contributed by atoms with Crippen molar-refractivity contribution in [1.29, 1.82) is 0 Å². The predicted octanol–water partition coefficient (Wildman–Crippen LogP) is -6.69. The number of aliphatic hydroxyl groups is 6. The van der Waals surface area contributed by atoms with Crippen LogP contribution in [0.15, 0.2) is 0 Å². The number of carbonyl (C=O) groups is 1. The van der Waals surface area contributed by atoms with Crippen molar-refractivity contribution in [2.24, 2.45) is 0 Å². The highest BCUT2D eigenvalue weighted by Gasteiger charge is 2.28. The fourth-order valence-electron chi connectivity index (χ4n) is 0.902. The van der Waals surface area contributed by atoms with Crippen LogP contribution in [0.1, 0.15) is 0 Å². The summed E-state index contributed by atoms with van der Waals surface area (Å²) in [5, 5.41) is 51.4. The molecule has 0 saturated carbocycles. The number of carbonyl (C=O) groups excluding carboxylic acids is 1. The first-order valence-corrected chi connectivity index (χ1v) is 5.80. The number of halogens is 1. The molecule has 0 spiro atoms. The molecule has 3 atom stereocenters. The molecule has 0 rings (SSSR count). The zero-order valence-corrected chi connectivity index (χ0v) is 12.7. The largest absolute Gasteiger partial charge is 1.00 e. The van der Waals surface area contributed by atoms with Crippen LogP contribution in [0.4, 0.5) is 0 Å². The van der Waals surface area contributed by atoms with E-state index in [4.69, 9.17) is 30.6 Å². The Kier molecular flexibility index (Phi) is 15.3. The molecule has 124 valence electrons. The van der Waals surface area contributed by atoms with Crippen molar-refractivity contribution in [3.05, 3.63) is 0 Å². The standard InChI is InChI=1S/C6H12O6.C5H14NO.ClH/c7-1-3(9)5(11)6(12)4(10)2-8;1-6(2,3)4-5-7;/h3,5-9,11-12H,1-2H2;7H,4-5H2,1-3H3;1H/q;+1;/p-1/t3-,5+,6+;;/m1../s1. The van der Waals surface area contributed by atoms with Crippen LogP contribution >= 0.6 is 0 Å². The predicted molar refractivity (Wildman–Crippen MR) is 67.2 cm³/mol. The number of nitrogens with zero attached hydrogens (tertiary/aromatic N) is 1. The van der Waals surface area contributed by atoms with Gasteiger partial charge in [-0.15, -0.1) is 0 Å². The third-order valence-corrected chi connectivity index (χ3v) is 2.16. The Bertz CT molecular complexity index is 247. The second kappa shape index (κ2) is 12.4. The zero-order chi connectivity index (χ0) is 15.6. The Balaban J connectivity index is -0.000000312. The van der Waals surface area contributed by atoms with E-state index < -0.39 is 37.3 Å². The van der Waals surface area contributed by atoms with E-state index in [0.29, 0.717) is 0 Å². The van der Waals surface area contributed by atoms with Gasteiger partial charge < -0.3 is 47.5 Å². The molecule has 0 bridgehead atoms. The van der Waals surface area contributed by atoms with Gasteiger partial charge in [-0.2, -0.15) is 0 Å². The molecule has 0 saturated heterocycles. The van der Waals surface area contributed by atoms with Gasteiger partial charge in [0.25, 0.3) is 0 Å². The molecular formula is C11H26ClNO7. The van der Waals surface area contributed by atoms with E-state index >= 15 is 0 Å². The Hall–Kier alpha value is -0.320. The molecule has 0 fully saturated rings. The number of rotatable bonds is 7. The molecule has 8 nitrogen and oxygen atoms in total. The summed E-state index contributed by atoms with van der Waals surface area (Å²) in [5.74, 6) is -1.00.